The average molecular weight is 217 g/mol. The van der Waals surface area contributed by atoms with Gasteiger partial charge in [-0.3, -0.25) is 0 Å². The second kappa shape index (κ2) is 4.25. The lowest BCUT2D eigenvalue weighted by Gasteiger charge is -2.12. The fraction of sp³-hybridized carbons (Fsp3) is 0.500. The van der Waals surface area contributed by atoms with Gasteiger partial charge in [-0.15, -0.1) is 0 Å². The molecule has 0 atom stereocenters. The lowest BCUT2D eigenvalue weighted by Crippen LogP contribution is -2.46. The summed E-state index contributed by atoms with van der Waals surface area (Å²) in [5, 5.41) is 0. The third-order valence-corrected chi connectivity index (χ3v) is 2.35. The van der Waals surface area contributed by atoms with Crippen LogP contribution in [0.3, 0.4) is 0 Å². The number of hydrogen-bond donors (Lipinski definition) is 0. The van der Waals surface area contributed by atoms with E-state index in [2.05, 4.69) is 0 Å². The molecule has 0 aliphatic heterocycles. The van der Waals surface area contributed by atoms with Gasteiger partial charge in [0.25, 0.3) is 0 Å². The van der Waals surface area contributed by atoms with E-state index in [-0.39, 0.29) is 5.92 Å². The fourth-order valence-electron chi connectivity index (χ4n) is 1.40. The molecule has 0 aliphatic rings. The lowest BCUT2D eigenvalue weighted by atomic mass is 9.91. The monoisotopic (exact) mass is 217 g/mol. The molecule has 1 rings (SSSR count). The number of nitrogens with zero attached hydrogens (tertiary/aromatic N) is 1. The van der Waals surface area contributed by atoms with Crippen molar-refractivity contribution in [3.63, 3.8) is 0 Å². The summed E-state index contributed by atoms with van der Waals surface area (Å²) in [4.78, 5) is 0. The van der Waals surface area contributed by atoms with Gasteiger partial charge in [-0.1, -0.05) is 13.8 Å². The molecule has 0 aromatic carbocycles. The first kappa shape index (κ1) is 12.1. The minimum absolute atomic E-state index is 0.248. The Hall–Kier alpha value is -0.995. The molecule has 0 amide bonds. The van der Waals surface area contributed by atoms with Crippen LogP contribution in [0, 0.1) is 6.92 Å². The summed E-state index contributed by atoms with van der Waals surface area (Å²) in [6, 6.07) is 3.61. The van der Waals surface area contributed by atoms with Crippen molar-refractivity contribution in [2.45, 2.75) is 33.1 Å². The summed E-state index contributed by atoms with van der Waals surface area (Å²) in [5.41, 5.74) is 1.57. The van der Waals surface area contributed by atoms with Crippen molar-refractivity contribution < 1.29 is 17.5 Å². The molecule has 1 aromatic rings. The van der Waals surface area contributed by atoms with Gasteiger partial charge in [0.05, 0.1) is 0 Å². The molecule has 0 saturated heterocycles. The van der Waals surface area contributed by atoms with E-state index in [9.17, 15) is 12.9 Å². The molecule has 0 fully saturated rings. The molecular weight excluding hydrogens is 202 g/mol. The van der Waals surface area contributed by atoms with Gasteiger partial charge in [0, 0.05) is 18.6 Å². The van der Waals surface area contributed by atoms with Crippen LogP contribution >= 0.6 is 0 Å². The third-order valence-electron chi connectivity index (χ3n) is 2.35. The number of pyridine rings is 1. The summed E-state index contributed by atoms with van der Waals surface area (Å²) in [7, 11) is 0. The molecule has 1 aromatic heterocycles. The first-order valence-corrected chi connectivity index (χ1v) is 5.00. The zero-order chi connectivity index (χ0) is 11.6. The van der Waals surface area contributed by atoms with E-state index < -0.39 is 13.4 Å². The maximum atomic E-state index is 12.3. The highest BCUT2D eigenvalue weighted by Crippen LogP contribution is 2.13. The Balaban J connectivity index is 3.01. The van der Waals surface area contributed by atoms with E-state index in [0.29, 0.717) is 5.69 Å². The molecule has 0 aliphatic carbocycles. The van der Waals surface area contributed by atoms with Crippen LogP contribution < -0.4 is 4.57 Å². The van der Waals surface area contributed by atoms with Crippen LogP contribution in [-0.4, -0.2) is 6.98 Å². The molecular formula is C10H15BF3N. The van der Waals surface area contributed by atoms with Gasteiger partial charge < -0.3 is 12.9 Å². The van der Waals surface area contributed by atoms with E-state index in [0.717, 1.165) is 5.56 Å². The lowest BCUT2D eigenvalue weighted by molar-refractivity contribution is -0.690. The third kappa shape index (κ3) is 3.57. The predicted octanol–water partition coefficient (Wildman–Crippen LogP) is 2.79. The van der Waals surface area contributed by atoms with Gasteiger partial charge in [-0.25, -0.2) is 4.57 Å². The first-order valence-electron chi connectivity index (χ1n) is 5.00. The van der Waals surface area contributed by atoms with Crippen molar-refractivity contribution in [2.24, 2.45) is 0 Å². The molecule has 0 saturated carbocycles. The Kier molecular flexibility index (Phi) is 3.42. The van der Waals surface area contributed by atoms with E-state index in [1.165, 1.54) is 4.57 Å². The molecule has 15 heavy (non-hydrogen) atoms. The van der Waals surface area contributed by atoms with Gasteiger partial charge in [-0.2, -0.15) is 0 Å². The van der Waals surface area contributed by atoms with Gasteiger partial charge >= 0.3 is 6.98 Å². The van der Waals surface area contributed by atoms with Crippen molar-refractivity contribution >= 4 is 6.98 Å². The maximum Gasteiger partial charge on any atom is 0.542 e. The summed E-state index contributed by atoms with van der Waals surface area (Å²) >= 11 is 0. The van der Waals surface area contributed by atoms with E-state index in [4.69, 9.17) is 0 Å². The Morgan fingerprint density at radius 3 is 2.33 bits per heavy atom. The smallest absolute Gasteiger partial charge is 0.445 e. The minimum atomic E-state index is -4.77. The standard InChI is InChI=1S/C10H15BF3N/c1-8(2)10-5-4-9(3)15(6-10)7-11(12,13)14/h4-6,8H,7H2,1-3H3. The Bertz CT molecular complexity index is 347. The summed E-state index contributed by atoms with van der Waals surface area (Å²) in [6.07, 6.45) is 0.738. The zero-order valence-corrected chi connectivity index (χ0v) is 9.17. The van der Waals surface area contributed by atoms with Crippen molar-refractivity contribution in [3.05, 3.63) is 29.6 Å². The molecule has 84 valence electrons. The van der Waals surface area contributed by atoms with Crippen LogP contribution in [-0.2, 0) is 6.44 Å². The van der Waals surface area contributed by atoms with Crippen molar-refractivity contribution in [1.29, 1.82) is 0 Å². The van der Waals surface area contributed by atoms with E-state index in [1.807, 2.05) is 19.9 Å². The molecule has 0 spiro atoms. The summed E-state index contributed by atoms with van der Waals surface area (Å²) in [5.74, 6) is 0.248. The highest BCUT2D eigenvalue weighted by molar-refractivity contribution is 6.56. The molecule has 0 bridgehead atoms. The Morgan fingerprint density at radius 2 is 1.87 bits per heavy atom. The van der Waals surface area contributed by atoms with Crippen LogP contribution in [0.1, 0.15) is 31.0 Å². The normalized spacial score (nSPS) is 12.2. The molecule has 5 heteroatoms. The molecule has 0 N–H and O–H groups in total. The van der Waals surface area contributed by atoms with Crippen molar-refractivity contribution in [3.8, 4) is 0 Å². The highest BCUT2D eigenvalue weighted by Gasteiger charge is 2.30. The molecule has 0 unspecified atom stereocenters. The number of rotatable bonds is 3. The van der Waals surface area contributed by atoms with Crippen LogP contribution in [0.5, 0.6) is 0 Å². The van der Waals surface area contributed by atoms with Crippen molar-refractivity contribution in [2.75, 3.05) is 0 Å². The summed E-state index contributed by atoms with van der Waals surface area (Å²) in [6.45, 7) is 0.844. The van der Waals surface area contributed by atoms with Gasteiger partial charge in [0.2, 0.25) is 0 Å². The second-order valence-corrected chi connectivity index (χ2v) is 4.12. The zero-order valence-electron chi connectivity index (χ0n) is 9.17. The predicted molar refractivity (Wildman–Crippen MR) is 54.5 cm³/mol. The van der Waals surface area contributed by atoms with Gasteiger partial charge in [0.1, 0.15) is 6.44 Å². The number of halogens is 3. The van der Waals surface area contributed by atoms with Gasteiger partial charge in [-0.05, 0) is 12.0 Å². The molecule has 0 radical (unpaired) electrons. The van der Waals surface area contributed by atoms with E-state index in [1.54, 1.807) is 19.2 Å². The van der Waals surface area contributed by atoms with E-state index >= 15 is 0 Å². The molecule has 1 heterocycles. The minimum Gasteiger partial charge on any atom is -0.445 e. The molecule has 1 nitrogen and oxygen atoms in total. The van der Waals surface area contributed by atoms with Crippen molar-refractivity contribution in [1.82, 2.24) is 0 Å². The average Bonchev–Trinajstić information content (AvgIpc) is 2.06. The maximum absolute atomic E-state index is 12.3. The van der Waals surface area contributed by atoms with Gasteiger partial charge in [0.15, 0.2) is 11.9 Å². The largest absolute Gasteiger partial charge is 0.542 e. The topological polar surface area (TPSA) is 3.88 Å². The summed E-state index contributed by atoms with van der Waals surface area (Å²) < 4.78 is 38.2. The van der Waals surface area contributed by atoms with Crippen LogP contribution in [0.15, 0.2) is 18.3 Å². The Morgan fingerprint density at radius 1 is 1.27 bits per heavy atom. The first-order chi connectivity index (χ1) is 6.79. The highest BCUT2D eigenvalue weighted by atomic mass is 19.4. The second-order valence-electron chi connectivity index (χ2n) is 4.12. The quantitative estimate of drug-likeness (QED) is 0.541. The number of aromatic nitrogens is 1. The van der Waals surface area contributed by atoms with Crippen LogP contribution in [0.2, 0.25) is 0 Å². The number of aryl methyl sites for hydroxylation is 1. The van der Waals surface area contributed by atoms with Crippen LogP contribution in [0.4, 0.5) is 12.9 Å². The SMILES string of the molecule is Cc1ccc(C(C)C)c[n+]1C[B-](F)(F)F. The fourth-order valence-corrected chi connectivity index (χ4v) is 1.40. The Labute approximate surface area is 88.0 Å². The van der Waals surface area contributed by atoms with Crippen LogP contribution in [0.25, 0.3) is 0 Å². The number of hydrogen-bond acceptors (Lipinski definition) is 0.